The molecule has 0 radical (unpaired) electrons. The van der Waals surface area contributed by atoms with E-state index >= 15 is 0 Å². The van der Waals surface area contributed by atoms with Crippen LogP contribution in [0.15, 0.2) is 36.4 Å². The van der Waals surface area contributed by atoms with Gasteiger partial charge in [-0.2, -0.15) is 0 Å². The van der Waals surface area contributed by atoms with Crippen LogP contribution in [0, 0.1) is 11.6 Å². The average Bonchev–Trinajstić information content (AvgIpc) is 2.97. The number of nitrogens with zero attached hydrogens (tertiary/aromatic N) is 1. The van der Waals surface area contributed by atoms with Gasteiger partial charge in [-0.05, 0) is 36.8 Å². The molecule has 0 atom stereocenters. The fraction of sp³-hybridized carbons (Fsp3) is 0.238. The molecule has 0 bridgehead atoms. The molecule has 2 aromatic carbocycles. The van der Waals surface area contributed by atoms with Crippen molar-refractivity contribution in [3.63, 3.8) is 0 Å². The fourth-order valence-corrected chi connectivity index (χ4v) is 2.93. The highest BCUT2D eigenvalue weighted by Gasteiger charge is 2.35. The molecule has 30 heavy (non-hydrogen) atoms. The number of benzene rings is 2. The number of hydrogen-bond donors (Lipinski definition) is 1. The lowest BCUT2D eigenvalue weighted by molar-refractivity contribution is -0.119. The molecule has 1 aliphatic rings. The van der Waals surface area contributed by atoms with Crippen molar-refractivity contribution in [2.75, 3.05) is 18.5 Å². The number of halogens is 2. The summed E-state index contributed by atoms with van der Waals surface area (Å²) in [4.78, 5) is 50.0. The molecule has 2 aromatic rings. The van der Waals surface area contributed by atoms with E-state index < -0.39 is 41.9 Å². The van der Waals surface area contributed by atoms with E-state index in [1.54, 1.807) is 0 Å². The van der Waals surface area contributed by atoms with Gasteiger partial charge in [-0.3, -0.25) is 19.3 Å². The molecule has 156 valence electrons. The molecule has 0 saturated carbocycles. The first kappa shape index (κ1) is 21.1. The number of carbonyl (C=O) groups is 4. The van der Waals surface area contributed by atoms with E-state index in [1.165, 1.54) is 18.2 Å². The van der Waals surface area contributed by atoms with E-state index in [0.29, 0.717) is 13.0 Å². The first-order valence-electron chi connectivity index (χ1n) is 9.24. The summed E-state index contributed by atoms with van der Waals surface area (Å²) in [5, 5.41) is 2.10. The molecule has 0 aromatic heterocycles. The summed E-state index contributed by atoms with van der Waals surface area (Å²) in [6, 6.07) is 6.47. The van der Waals surface area contributed by atoms with Gasteiger partial charge in [0.2, 0.25) is 0 Å². The minimum absolute atomic E-state index is 0.0167. The number of nitrogens with one attached hydrogen (secondary N) is 1. The molecule has 3 amide bonds. The summed E-state index contributed by atoms with van der Waals surface area (Å²) in [5.74, 6) is -4.26. The summed E-state index contributed by atoms with van der Waals surface area (Å²) in [7, 11) is 0. The van der Waals surface area contributed by atoms with Crippen molar-refractivity contribution in [3.05, 3.63) is 64.7 Å². The van der Waals surface area contributed by atoms with Gasteiger partial charge >= 0.3 is 5.97 Å². The van der Waals surface area contributed by atoms with Crippen molar-refractivity contribution in [1.82, 2.24) is 4.90 Å². The quantitative estimate of drug-likeness (QED) is 0.553. The maximum Gasteiger partial charge on any atom is 0.338 e. The van der Waals surface area contributed by atoms with Crippen LogP contribution >= 0.6 is 0 Å². The number of esters is 1. The summed E-state index contributed by atoms with van der Waals surface area (Å²) < 4.78 is 31.6. The zero-order valence-electron chi connectivity index (χ0n) is 16.0. The Bertz CT molecular complexity index is 1040. The lowest BCUT2D eigenvalue weighted by Crippen LogP contribution is -2.30. The highest BCUT2D eigenvalue weighted by atomic mass is 19.1. The summed E-state index contributed by atoms with van der Waals surface area (Å²) >= 11 is 0. The molecule has 3 rings (SSSR count). The van der Waals surface area contributed by atoms with Gasteiger partial charge in [0.1, 0.15) is 11.6 Å². The minimum Gasteiger partial charge on any atom is -0.452 e. The second-order valence-corrected chi connectivity index (χ2v) is 6.62. The van der Waals surface area contributed by atoms with Crippen LogP contribution in [0.3, 0.4) is 0 Å². The number of fused-ring (bicyclic) bond motifs is 1. The predicted molar refractivity (Wildman–Crippen MR) is 102 cm³/mol. The van der Waals surface area contributed by atoms with Gasteiger partial charge in [0.15, 0.2) is 6.61 Å². The largest absolute Gasteiger partial charge is 0.452 e. The average molecular weight is 416 g/mol. The number of anilines is 1. The molecule has 0 spiro atoms. The van der Waals surface area contributed by atoms with Gasteiger partial charge in [0.05, 0.1) is 22.4 Å². The Labute approximate surface area is 170 Å². The van der Waals surface area contributed by atoms with Gasteiger partial charge < -0.3 is 10.1 Å². The molecule has 0 fully saturated rings. The molecule has 1 N–H and O–H groups in total. The summed E-state index contributed by atoms with van der Waals surface area (Å²) in [6.45, 7) is 1.48. The third kappa shape index (κ3) is 4.35. The Hall–Kier alpha value is -3.62. The van der Waals surface area contributed by atoms with E-state index in [9.17, 15) is 28.0 Å². The first-order chi connectivity index (χ1) is 14.3. The topological polar surface area (TPSA) is 92.8 Å². The number of rotatable bonds is 7. The lowest BCUT2D eigenvalue weighted by atomic mass is 10.1. The highest BCUT2D eigenvalue weighted by Crippen LogP contribution is 2.24. The van der Waals surface area contributed by atoms with Crippen molar-refractivity contribution in [2.45, 2.75) is 19.8 Å². The monoisotopic (exact) mass is 416 g/mol. The van der Waals surface area contributed by atoms with Crippen molar-refractivity contribution in [2.24, 2.45) is 0 Å². The number of imide groups is 1. The normalized spacial score (nSPS) is 12.7. The number of amides is 3. The van der Waals surface area contributed by atoms with Gasteiger partial charge in [0, 0.05) is 12.6 Å². The highest BCUT2D eigenvalue weighted by molar-refractivity contribution is 6.22. The predicted octanol–water partition coefficient (Wildman–Crippen LogP) is 3.16. The van der Waals surface area contributed by atoms with E-state index in [-0.39, 0.29) is 22.4 Å². The summed E-state index contributed by atoms with van der Waals surface area (Å²) in [5.41, 5.74) is -0.106. The van der Waals surface area contributed by atoms with Gasteiger partial charge in [-0.15, -0.1) is 0 Å². The van der Waals surface area contributed by atoms with Crippen LogP contribution in [0.25, 0.3) is 0 Å². The number of ether oxygens (including phenoxy) is 1. The van der Waals surface area contributed by atoms with Crippen LogP contribution in [0.2, 0.25) is 0 Å². The van der Waals surface area contributed by atoms with Crippen molar-refractivity contribution < 1.29 is 32.7 Å². The van der Waals surface area contributed by atoms with E-state index in [4.69, 9.17) is 4.74 Å². The SMILES string of the molecule is CCCCN1C(=O)c2ccc(C(=O)OCC(=O)Nc3cc(F)ccc3F)cc2C1=O. The molecule has 0 saturated heterocycles. The van der Waals surface area contributed by atoms with Crippen LogP contribution in [-0.4, -0.2) is 41.7 Å². The van der Waals surface area contributed by atoms with E-state index in [1.807, 2.05) is 6.92 Å². The maximum absolute atomic E-state index is 13.5. The van der Waals surface area contributed by atoms with Crippen LogP contribution in [0.4, 0.5) is 14.5 Å². The van der Waals surface area contributed by atoms with E-state index in [2.05, 4.69) is 5.32 Å². The van der Waals surface area contributed by atoms with Crippen molar-refractivity contribution >= 4 is 29.4 Å². The smallest absolute Gasteiger partial charge is 0.338 e. The molecular weight excluding hydrogens is 398 g/mol. The number of unbranched alkanes of at least 4 members (excludes halogenated alkanes) is 1. The molecule has 1 aliphatic heterocycles. The molecule has 0 unspecified atom stereocenters. The fourth-order valence-electron chi connectivity index (χ4n) is 2.93. The van der Waals surface area contributed by atoms with Gasteiger partial charge in [-0.25, -0.2) is 13.6 Å². The Kier molecular flexibility index (Phi) is 6.20. The Balaban J connectivity index is 1.64. The zero-order chi connectivity index (χ0) is 21.8. The number of carbonyl (C=O) groups excluding carboxylic acids is 4. The van der Waals surface area contributed by atoms with Crippen molar-refractivity contribution in [1.29, 1.82) is 0 Å². The zero-order valence-corrected chi connectivity index (χ0v) is 16.0. The first-order valence-corrected chi connectivity index (χ1v) is 9.24. The second kappa shape index (κ2) is 8.81. The van der Waals surface area contributed by atoms with Crippen LogP contribution < -0.4 is 5.32 Å². The Morgan fingerprint density at radius 2 is 1.77 bits per heavy atom. The molecule has 0 aliphatic carbocycles. The standard InChI is InChI=1S/C21H18F2N2O5/c1-2-3-8-25-19(27)14-6-4-12(9-15(14)20(25)28)21(29)30-11-18(26)24-17-10-13(22)5-7-16(17)23/h4-7,9-10H,2-3,8,11H2,1H3,(H,24,26). The Morgan fingerprint density at radius 3 is 2.50 bits per heavy atom. The lowest BCUT2D eigenvalue weighted by Gasteiger charge is -2.12. The van der Waals surface area contributed by atoms with Crippen LogP contribution in [0.5, 0.6) is 0 Å². The Morgan fingerprint density at radius 1 is 1.03 bits per heavy atom. The summed E-state index contributed by atoms with van der Waals surface area (Å²) in [6.07, 6.45) is 1.48. The molecule has 1 heterocycles. The van der Waals surface area contributed by atoms with Gasteiger partial charge in [0.25, 0.3) is 17.7 Å². The third-order valence-corrected chi connectivity index (χ3v) is 4.48. The third-order valence-electron chi connectivity index (χ3n) is 4.48. The number of hydrogen-bond acceptors (Lipinski definition) is 5. The van der Waals surface area contributed by atoms with Gasteiger partial charge in [-0.1, -0.05) is 13.3 Å². The second-order valence-electron chi connectivity index (χ2n) is 6.62. The van der Waals surface area contributed by atoms with E-state index in [0.717, 1.165) is 29.5 Å². The molecular formula is C21H18F2N2O5. The minimum atomic E-state index is -0.903. The molecule has 9 heteroatoms. The van der Waals surface area contributed by atoms with Crippen molar-refractivity contribution in [3.8, 4) is 0 Å². The van der Waals surface area contributed by atoms with Crippen LogP contribution in [-0.2, 0) is 9.53 Å². The van der Waals surface area contributed by atoms with Crippen LogP contribution in [0.1, 0.15) is 50.8 Å². The maximum atomic E-state index is 13.5. The molecule has 7 nitrogen and oxygen atoms in total.